The van der Waals surface area contributed by atoms with E-state index in [4.69, 9.17) is 13.8 Å². The number of methoxy groups -OCH3 is 1. The van der Waals surface area contributed by atoms with Gasteiger partial charge in [-0.05, 0) is 54.0 Å². The molecule has 0 saturated heterocycles. The summed E-state index contributed by atoms with van der Waals surface area (Å²) in [6, 6.07) is 13.0. The summed E-state index contributed by atoms with van der Waals surface area (Å²) in [7, 11) is 1.60. The van der Waals surface area contributed by atoms with Crippen LogP contribution in [0, 0.1) is 13.8 Å². The first-order valence-corrected chi connectivity index (χ1v) is 8.35. The second-order valence-electron chi connectivity index (χ2n) is 6.15. The fourth-order valence-corrected chi connectivity index (χ4v) is 3.03. The van der Waals surface area contributed by atoms with Gasteiger partial charge in [0.1, 0.15) is 11.3 Å². The number of hydrogen-bond acceptors (Lipinski definition) is 6. The van der Waals surface area contributed by atoms with Gasteiger partial charge in [-0.15, -0.1) is 0 Å². The Labute approximate surface area is 154 Å². The molecule has 0 fully saturated rings. The number of carbonyl (C=O) groups excluding carboxylic acids is 1. The molecular formula is C20H17N3O4. The Hall–Kier alpha value is -3.61. The molecule has 0 atom stereocenters. The van der Waals surface area contributed by atoms with Gasteiger partial charge in [0.15, 0.2) is 11.5 Å². The van der Waals surface area contributed by atoms with Crippen molar-refractivity contribution in [1.82, 2.24) is 10.3 Å². The monoisotopic (exact) mass is 363 g/mol. The van der Waals surface area contributed by atoms with E-state index < -0.39 is 5.91 Å². The quantitative estimate of drug-likeness (QED) is 0.579. The Kier molecular flexibility index (Phi) is 4.12. The van der Waals surface area contributed by atoms with Crippen molar-refractivity contribution < 1.29 is 18.6 Å². The van der Waals surface area contributed by atoms with Gasteiger partial charge in [-0.2, -0.15) is 0 Å². The van der Waals surface area contributed by atoms with E-state index in [-0.39, 0.29) is 11.6 Å². The number of furan rings is 1. The van der Waals surface area contributed by atoms with Crippen LogP contribution in [-0.2, 0) is 0 Å². The van der Waals surface area contributed by atoms with Crippen molar-refractivity contribution in [3.05, 3.63) is 59.4 Å². The number of benzene rings is 2. The number of carbonyl (C=O) groups is 1. The molecule has 0 unspecified atom stereocenters. The summed E-state index contributed by atoms with van der Waals surface area (Å²) >= 11 is 0. The minimum absolute atomic E-state index is 0.230. The summed E-state index contributed by atoms with van der Waals surface area (Å²) in [5.41, 5.74) is 3.57. The van der Waals surface area contributed by atoms with Crippen LogP contribution in [0.15, 0.2) is 51.5 Å². The van der Waals surface area contributed by atoms with E-state index in [1.165, 1.54) is 0 Å². The molecule has 2 heterocycles. The number of anilines is 1. The number of para-hydroxylation sites is 1. The predicted molar refractivity (Wildman–Crippen MR) is 99.9 cm³/mol. The molecule has 1 amide bonds. The van der Waals surface area contributed by atoms with E-state index in [2.05, 4.69) is 15.6 Å². The zero-order chi connectivity index (χ0) is 19.0. The lowest BCUT2D eigenvalue weighted by atomic mass is 10.1. The topological polar surface area (TPSA) is 90.4 Å². The lowest BCUT2D eigenvalue weighted by Crippen LogP contribution is -2.13. The lowest BCUT2D eigenvalue weighted by Gasteiger charge is -2.07. The first-order valence-electron chi connectivity index (χ1n) is 8.35. The van der Waals surface area contributed by atoms with Crippen LogP contribution in [0.2, 0.25) is 0 Å². The molecule has 0 bridgehead atoms. The zero-order valence-electron chi connectivity index (χ0n) is 15.1. The van der Waals surface area contributed by atoms with Crippen LogP contribution in [0.1, 0.15) is 21.7 Å². The summed E-state index contributed by atoms with van der Waals surface area (Å²) in [5, 5.41) is 11.4. The molecule has 7 heteroatoms. The molecule has 0 spiro atoms. The van der Waals surface area contributed by atoms with Crippen LogP contribution in [0.5, 0.6) is 5.75 Å². The smallest absolute Gasteiger partial charge is 0.292 e. The molecule has 0 radical (unpaired) electrons. The number of ether oxygens (including phenoxy) is 1. The van der Waals surface area contributed by atoms with Crippen LogP contribution in [0.3, 0.4) is 0 Å². The van der Waals surface area contributed by atoms with Crippen molar-refractivity contribution >= 4 is 22.7 Å². The van der Waals surface area contributed by atoms with Crippen molar-refractivity contribution in [1.29, 1.82) is 0 Å². The van der Waals surface area contributed by atoms with Gasteiger partial charge in [0.25, 0.3) is 5.91 Å². The number of nitrogens with zero attached hydrogens (tertiary/aromatic N) is 2. The van der Waals surface area contributed by atoms with Gasteiger partial charge < -0.3 is 9.15 Å². The Balaban J connectivity index is 1.67. The molecule has 0 aliphatic heterocycles. The molecule has 4 rings (SSSR count). The number of hydrogen-bond donors (Lipinski definition) is 1. The first kappa shape index (κ1) is 16.8. The van der Waals surface area contributed by atoms with Gasteiger partial charge >= 0.3 is 0 Å². The van der Waals surface area contributed by atoms with Crippen molar-refractivity contribution in [2.75, 3.05) is 12.4 Å². The molecule has 136 valence electrons. The molecule has 0 aliphatic carbocycles. The second-order valence-corrected chi connectivity index (χ2v) is 6.15. The SMILES string of the molecule is COc1ccc(-c2nonc2NC(=O)c2oc3ccccc3c2C)c(C)c1. The van der Waals surface area contributed by atoms with Gasteiger partial charge in [-0.25, -0.2) is 4.63 Å². The first-order chi connectivity index (χ1) is 13.1. The van der Waals surface area contributed by atoms with Gasteiger partial charge in [0, 0.05) is 16.5 Å². The summed E-state index contributed by atoms with van der Waals surface area (Å²) in [4.78, 5) is 12.7. The Bertz CT molecular complexity index is 1140. The maximum atomic E-state index is 12.7. The van der Waals surface area contributed by atoms with E-state index in [1.54, 1.807) is 7.11 Å². The van der Waals surface area contributed by atoms with Crippen molar-refractivity contribution in [3.8, 4) is 17.0 Å². The number of rotatable bonds is 4. The third-order valence-corrected chi connectivity index (χ3v) is 4.46. The highest BCUT2D eigenvalue weighted by atomic mass is 16.6. The summed E-state index contributed by atoms with van der Waals surface area (Å²) < 4.78 is 15.8. The van der Waals surface area contributed by atoms with E-state index >= 15 is 0 Å². The van der Waals surface area contributed by atoms with E-state index in [0.29, 0.717) is 11.3 Å². The average Bonchev–Trinajstić information content (AvgIpc) is 3.26. The molecule has 0 saturated carbocycles. The van der Waals surface area contributed by atoms with Crippen LogP contribution in [-0.4, -0.2) is 23.3 Å². The van der Waals surface area contributed by atoms with E-state index in [0.717, 1.165) is 27.8 Å². The number of nitrogens with one attached hydrogen (secondary N) is 1. The highest BCUT2D eigenvalue weighted by molar-refractivity contribution is 6.07. The predicted octanol–water partition coefficient (Wildman–Crippen LogP) is 4.36. The van der Waals surface area contributed by atoms with Crippen molar-refractivity contribution in [3.63, 3.8) is 0 Å². The number of aromatic nitrogens is 2. The highest BCUT2D eigenvalue weighted by Crippen LogP contribution is 2.31. The fourth-order valence-electron chi connectivity index (χ4n) is 3.03. The number of amides is 1. The molecule has 1 N–H and O–H groups in total. The molecule has 2 aromatic heterocycles. The standard InChI is InChI=1S/C20H17N3O4/c1-11-10-13(25-3)8-9-14(11)17-19(23-27-22-17)21-20(24)18-12(2)15-6-4-5-7-16(15)26-18/h4-10H,1-3H3,(H,21,23,24). The largest absolute Gasteiger partial charge is 0.497 e. The van der Waals surface area contributed by atoms with Gasteiger partial charge in [-0.3, -0.25) is 10.1 Å². The van der Waals surface area contributed by atoms with Crippen LogP contribution >= 0.6 is 0 Å². The molecule has 0 aliphatic rings. The maximum Gasteiger partial charge on any atom is 0.292 e. The van der Waals surface area contributed by atoms with E-state index in [9.17, 15) is 4.79 Å². The summed E-state index contributed by atoms with van der Waals surface area (Å²) in [6.45, 7) is 3.76. The average molecular weight is 363 g/mol. The van der Waals surface area contributed by atoms with Gasteiger partial charge in [0.05, 0.1) is 7.11 Å². The van der Waals surface area contributed by atoms with Crippen LogP contribution < -0.4 is 10.1 Å². The van der Waals surface area contributed by atoms with E-state index in [1.807, 2.05) is 56.3 Å². The maximum absolute atomic E-state index is 12.7. The van der Waals surface area contributed by atoms with Crippen molar-refractivity contribution in [2.45, 2.75) is 13.8 Å². The lowest BCUT2D eigenvalue weighted by molar-refractivity contribution is 0.0997. The Morgan fingerprint density at radius 3 is 2.67 bits per heavy atom. The number of aryl methyl sites for hydroxylation is 2. The van der Waals surface area contributed by atoms with Crippen LogP contribution in [0.25, 0.3) is 22.2 Å². The normalized spacial score (nSPS) is 10.9. The molecule has 2 aromatic carbocycles. The molecule has 4 aromatic rings. The minimum Gasteiger partial charge on any atom is -0.497 e. The second kappa shape index (κ2) is 6.60. The minimum atomic E-state index is -0.410. The molecule has 7 nitrogen and oxygen atoms in total. The molecule has 27 heavy (non-hydrogen) atoms. The number of fused-ring (bicyclic) bond motifs is 1. The Morgan fingerprint density at radius 2 is 1.93 bits per heavy atom. The third kappa shape index (κ3) is 2.93. The highest BCUT2D eigenvalue weighted by Gasteiger charge is 2.22. The fraction of sp³-hybridized carbons (Fsp3) is 0.150. The zero-order valence-corrected chi connectivity index (χ0v) is 15.1. The Morgan fingerprint density at radius 1 is 1.11 bits per heavy atom. The summed E-state index contributed by atoms with van der Waals surface area (Å²) in [5.74, 6) is 0.785. The van der Waals surface area contributed by atoms with Gasteiger partial charge in [0.2, 0.25) is 5.82 Å². The van der Waals surface area contributed by atoms with Crippen LogP contribution in [0.4, 0.5) is 5.82 Å². The summed E-state index contributed by atoms with van der Waals surface area (Å²) in [6.07, 6.45) is 0. The molecular weight excluding hydrogens is 346 g/mol. The van der Waals surface area contributed by atoms with Gasteiger partial charge in [-0.1, -0.05) is 18.2 Å². The van der Waals surface area contributed by atoms with Crippen molar-refractivity contribution in [2.24, 2.45) is 0 Å². The third-order valence-electron chi connectivity index (χ3n) is 4.46.